The molecule has 2 aromatic carbocycles. The Morgan fingerprint density at radius 2 is 1.88 bits per heavy atom. The van der Waals surface area contributed by atoms with Crippen LogP contribution in [-0.4, -0.2) is 23.1 Å². The fraction of sp³-hybridized carbons (Fsp3) is 0.350. The summed E-state index contributed by atoms with van der Waals surface area (Å²) >= 11 is 1.81. The third-order valence-electron chi connectivity index (χ3n) is 4.09. The molecule has 3 nitrogen and oxygen atoms in total. The highest BCUT2D eigenvalue weighted by Crippen LogP contribution is 2.42. The van der Waals surface area contributed by atoms with Crippen LogP contribution in [0.2, 0.25) is 0 Å². The molecule has 1 amide bonds. The fourth-order valence-electron chi connectivity index (χ4n) is 2.84. The number of nitrogens with zero attached hydrogens (tertiary/aromatic N) is 1. The van der Waals surface area contributed by atoms with Crippen LogP contribution in [0.1, 0.15) is 30.3 Å². The highest BCUT2D eigenvalue weighted by Gasteiger charge is 2.33. The summed E-state index contributed by atoms with van der Waals surface area (Å²) in [5.74, 6) is 2.06. The van der Waals surface area contributed by atoms with Crippen molar-refractivity contribution in [2.45, 2.75) is 25.8 Å². The predicted octanol–water partition coefficient (Wildman–Crippen LogP) is 4.50. The van der Waals surface area contributed by atoms with Crippen molar-refractivity contribution in [3.63, 3.8) is 0 Å². The first-order valence-electron chi connectivity index (χ1n) is 8.34. The average molecular weight is 341 g/mol. The Balaban J connectivity index is 1.79. The Hall–Kier alpha value is -1.94. The maximum atomic E-state index is 12.5. The van der Waals surface area contributed by atoms with Gasteiger partial charge in [0.15, 0.2) is 0 Å². The van der Waals surface area contributed by atoms with Gasteiger partial charge in [-0.2, -0.15) is 0 Å². The Morgan fingerprint density at radius 1 is 1.17 bits per heavy atom. The maximum Gasteiger partial charge on any atom is 0.226 e. The van der Waals surface area contributed by atoms with Gasteiger partial charge in [-0.1, -0.05) is 62.4 Å². The van der Waals surface area contributed by atoms with E-state index in [1.165, 1.54) is 0 Å². The molecule has 1 atom stereocenters. The third-order valence-corrected chi connectivity index (χ3v) is 5.33. The van der Waals surface area contributed by atoms with Gasteiger partial charge in [0, 0.05) is 23.8 Å². The largest absolute Gasteiger partial charge is 0.489 e. The molecule has 0 N–H and O–H groups in total. The van der Waals surface area contributed by atoms with Crippen LogP contribution >= 0.6 is 11.8 Å². The second-order valence-corrected chi connectivity index (χ2v) is 7.41. The molecule has 2 aromatic rings. The minimum Gasteiger partial charge on any atom is -0.489 e. The van der Waals surface area contributed by atoms with Crippen LogP contribution in [-0.2, 0) is 11.4 Å². The van der Waals surface area contributed by atoms with Crippen LogP contribution in [0.3, 0.4) is 0 Å². The van der Waals surface area contributed by atoms with Gasteiger partial charge in [-0.25, -0.2) is 0 Å². The summed E-state index contributed by atoms with van der Waals surface area (Å²) in [5.41, 5.74) is 2.23. The lowest BCUT2D eigenvalue weighted by atomic mass is 10.1. The number of ether oxygens (including phenoxy) is 1. The Bertz CT molecular complexity index is 687. The highest BCUT2D eigenvalue weighted by atomic mass is 32.2. The zero-order valence-corrected chi connectivity index (χ0v) is 15.0. The summed E-state index contributed by atoms with van der Waals surface area (Å²) in [6.45, 7) is 5.26. The number of amides is 1. The SMILES string of the molecule is CC(C)C(=O)N1CCSC1c1ccccc1OCc1ccccc1. The molecule has 24 heavy (non-hydrogen) atoms. The third kappa shape index (κ3) is 3.75. The first kappa shape index (κ1) is 16.9. The van der Waals surface area contributed by atoms with Crippen LogP contribution in [0, 0.1) is 5.92 Å². The van der Waals surface area contributed by atoms with Gasteiger partial charge in [-0.3, -0.25) is 4.79 Å². The molecule has 1 aliphatic heterocycles. The van der Waals surface area contributed by atoms with Crippen LogP contribution in [0.4, 0.5) is 0 Å². The van der Waals surface area contributed by atoms with Gasteiger partial charge < -0.3 is 9.64 Å². The second-order valence-electron chi connectivity index (χ2n) is 6.22. The number of rotatable bonds is 5. The van der Waals surface area contributed by atoms with E-state index < -0.39 is 0 Å². The van der Waals surface area contributed by atoms with Crippen molar-refractivity contribution in [3.8, 4) is 5.75 Å². The normalized spacial score (nSPS) is 17.3. The standard InChI is InChI=1S/C20H23NO2S/c1-15(2)19(22)21-12-13-24-20(21)17-10-6-7-11-18(17)23-14-16-8-4-3-5-9-16/h3-11,15,20H,12-14H2,1-2H3. The lowest BCUT2D eigenvalue weighted by Crippen LogP contribution is -2.33. The molecule has 0 spiro atoms. The van der Waals surface area contributed by atoms with E-state index in [0.717, 1.165) is 29.2 Å². The molecule has 0 aromatic heterocycles. The van der Waals surface area contributed by atoms with Gasteiger partial charge in [0.1, 0.15) is 17.7 Å². The lowest BCUT2D eigenvalue weighted by molar-refractivity contribution is -0.134. The van der Waals surface area contributed by atoms with Crippen molar-refractivity contribution in [3.05, 3.63) is 65.7 Å². The average Bonchev–Trinajstić information content (AvgIpc) is 3.09. The van der Waals surface area contributed by atoms with Crippen LogP contribution in [0.25, 0.3) is 0 Å². The van der Waals surface area contributed by atoms with E-state index in [-0.39, 0.29) is 17.2 Å². The molecule has 0 aliphatic carbocycles. The van der Waals surface area contributed by atoms with Gasteiger partial charge >= 0.3 is 0 Å². The monoisotopic (exact) mass is 341 g/mol. The molecule has 1 fully saturated rings. The molecule has 1 saturated heterocycles. The van der Waals surface area contributed by atoms with E-state index in [2.05, 4.69) is 18.2 Å². The minimum absolute atomic E-state index is 0.0172. The molecule has 126 valence electrons. The predicted molar refractivity (Wildman–Crippen MR) is 99.0 cm³/mol. The molecule has 0 radical (unpaired) electrons. The van der Waals surface area contributed by atoms with E-state index >= 15 is 0 Å². The quantitative estimate of drug-likeness (QED) is 0.802. The fourth-order valence-corrected chi connectivity index (χ4v) is 4.13. The second kappa shape index (κ2) is 7.75. The number of carbonyl (C=O) groups is 1. The van der Waals surface area contributed by atoms with E-state index in [1.807, 2.05) is 66.9 Å². The smallest absolute Gasteiger partial charge is 0.226 e. The van der Waals surface area contributed by atoms with Crippen molar-refractivity contribution in [2.24, 2.45) is 5.92 Å². The number of thioether (sulfide) groups is 1. The first-order valence-corrected chi connectivity index (χ1v) is 9.39. The number of para-hydroxylation sites is 1. The topological polar surface area (TPSA) is 29.5 Å². The van der Waals surface area contributed by atoms with Gasteiger partial charge in [0.05, 0.1) is 0 Å². The summed E-state index contributed by atoms with van der Waals surface area (Å²) in [6, 6.07) is 18.2. The summed E-state index contributed by atoms with van der Waals surface area (Å²) in [7, 11) is 0. The molecule has 1 heterocycles. The van der Waals surface area contributed by atoms with Gasteiger partial charge in [0.25, 0.3) is 0 Å². The molecule has 1 unspecified atom stereocenters. The number of hydrogen-bond donors (Lipinski definition) is 0. The van der Waals surface area contributed by atoms with Gasteiger partial charge in [-0.15, -0.1) is 11.8 Å². The van der Waals surface area contributed by atoms with Crippen molar-refractivity contribution in [1.29, 1.82) is 0 Å². The summed E-state index contributed by atoms with van der Waals surface area (Å²) < 4.78 is 6.07. The zero-order chi connectivity index (χ0) is 16.9. The molecule has 1 aliphatic rings. The Morgan fingerprint density at radius 3 is 2.62 bits per heavy atom. The highest BCUT2D eigenvalue weighted by molar-refractivity contribution is 7.99. The van der Waals surface area contributed by atoms with E-state index in [1.54, 1.807) is 0 Å². The van der Waals surface area contributed by atoms with Crippen molar-refractivity contribution in [1.82, 2.24) is 4.90 Å². The number of benzene rings is 2. The summed E-state index contributed by atoms with van der Waals surface area (Å²) in [4.78, 5) is 14.5. The number of hydrogen-bond acceptors (Lipinski definition) is 3. The Labute approximate surface area is 148 Å². The first-order chi connectivity index (χ1) is 11.7. The van der Waals surface area contributed by atoms with Crippen LogP contribution in [0.15, 0.2) is 54.6 Å². The van der Waals surface area contributed by atoms with Crippen molar-refractivity contribution >= 4 is 17.7 Å². The minimum atomic E-state index is 0.0172. The molecule has 3 rings (SSSR count). The zero-order valence-electron chi connectivity index (χ0n) is 14.1. The van der Waals surface area contributed by atoms with E-state index in [9.17, 15) is 4.79 Å². The van der Waals surface area contributed by atoms with Crippen molar-refractivity contribution in [2.75, 3.05) is 12.3 Å². The molecule has 0 bridgehead atoms. The number of carbonyl (C=O) groups excluding carboxylic acids is 1. The maximum absolute atomic E-state index is 12.5. The molecule has 0 saturated carbocycles. The van der Waals surface area contributed by atoms with Gasteiger partial charge in [-0.05, 0) is 11.6 Å². The van der Waals surface area contributed by atoms with Crippen molar-refractivity contribution < 1.29 is 9.53 Å². The summed E-state index contributed by atoms with van der Waals surface area (Å²) in [5, 5.41) is 0.0480. The lowest BCUT2D eigenvalue weighted by Gasteiger charge is -2.27. The van der Waals surface area contributed by atoms with Crippen LogP contribution < -0.4 is 4.74 Å². The van der Waals surface area contributed by atoms with Crippen LogP contribution in [0.5, 0.6) is 5.75 Å². The molecular weight excluding hydrogens is 318 g/mol. The van der Waals surface area contributed by atoms with Gasteiger partial charge in [0.2, 0.25) is 5.91 Å². The van der Waals surface area contributed by atoms with E-state index in [4.69, 9.17) is 4.74 Å². The molecule has 4 heteroatoms. The van der Waals surface area contributed by atoms with E-state index in [0.29, 0.717) is 6.61 Å². The molecular formula is C20H23NO2S. The summed E-state index contributed by atoms with van der Waals surface area (Å²) in [6.07, 6.45) is 0. The Kier molecular flexibility index (Phi) is 5.46.